The van der Waals surface area contributed by atoms with Crippen molar-refractivity contribution < 1.29 is 9.18 Å². The first-order valence-electron chi connectivity index (χ1n) is 7.70. The number of nitrogens with zero attached hydrogens (tertiary/aromatic N) is 1. The fourth-order valence-electron chi connectivity index (χ4n) is 2.95. The van der Waals surface area contributed by atoms with Crippen LogP contribution >= 0.6 is 0 Å². The zero-order valence-corrected chi connectivity index (χ0v) is 13.3. The van der Waals surface area contributed by atoms with E-state index in [0.717, 1.165) is 29.5 Å². The minimum absolute atomic E-state index is 0.238. The van der Waals surface area contributed by atoms with Crippen molar-refractivity contribution in [3.63, 3.8) is 0 Å². The molecule has 1 amide bonds. The predicted octanol–water partition coefficient (Wildman–Crippen LogP) is 2.93. The summed E-state index contributed by atoms with van der Waals surface area (Å²) in [6.07, 6.45) is 3.69. The summed E-state index contributed by atoms with van der Waals surface area (Å²) in [5, 5.41) is 0. The summed E-state index contributed by atoms with van der Waals surface area (Å²) in [4.78, 5) is 15.6. The molecule has 0 atom stereocenters. The number of aliphatic imine (C=N–C) groups is 1. The van der Waals surface area contributed by atoms with E-state index in [1.54, 1.807) is 31.2 Å². The van der Waals surface area contributed by atoms with E-state index in [9.17, 15) is 9.18 Å². The Balaban J connectivity index is 2.11. The molecule has 0 bridgehead atoms. The van der Waals surface area contributed by atoms with Gasteiger partial charge in [-0.05, 0) is 54.2 Å². The van der Waals surface area contributed by atoms with Gasteiger partial charge >= 0.3 is 0 Å². The van der Waals surface area contributed by atoms with Gasteiger partial charge in [-0.15, -0.1) is 0 Å². The van der Waals surface area contributed by atoms with Crippen molar-refractivity contribution >= 4 is 17.4 Å². The van der Waals surface area contributed by atoms with Crippen LogP contribution in [-0.4, -0.2) is 11.9 Å². The lowest BCUT2D eigenvalue weighted by Gasteiger charge is -2.20. The van der Waals surface area contributed by atoms with Crippen LogP contribution in [0.2, 0.25) is 0 Å². The molecule has 4 nitrogen and oxygen atoms in total. The molecule has 0 saturated carbocycles. The van der Waals surface area contributed by atoms with Gasteiger partial charge in [0.25, 0.3) is 5.91 Å². The maximum Gasteiger partial charge on any atom is 0.280 e. The van der Waals surface area contributed by atoms with Crippen molar-refractivity contribution in [2.45, 2.75) is 19.8 Å². The first-order chi connectivity index (χ1) is 11.5. The summed E-state index contributed by atoms with van der Waals surface area (Å²) < 4.78 is 14.5. The first-order valence-corrected chi connectivity index (χ1v) is 7.70. The summed E-state index contributed by atoms with van der Waals surface area (Å²) in [7, 11) is 0. The van der Waals surface area contributed by atoms with Crippen molar-refractivity contribution in [1.29, 1.82) is 0 Å². The normalized spacial score (nSPS) is 13.0. The van der Waals surface area contributed by atoms with Gasteiger partial charge in [0.1, 0.15) is 5.82 Å². The number of benzene rings is 2. The number of aryl methyl sites for hydroxylation is 2. The largest absolute Gasteiger partial charge is 0.370 e. The Morgan fingerprint density at radius 3 is 2.71 bits per heavy atom. The van der Waals surface area contributed by atoms with Crippen LogP contribution < -0.4 is 11.5 Å². The van der Waals surface area contributed by atoms with E-state index >= 15 is 0 Å². The van der Waals surface area contributed by atoms with Crippen molar-refractivity contribution in [3.05, 3.63) is 76.1 Å². The molecule has 122 valence electrons. The molecule has 0 unspecified atom stereocenters. The van der Waals surface area contributed by atoms with Gasteiger partial charge in [0.15, 0.2) is 5.96 Å². The second-order valence-corrected chi connectivity index (χ2v) is 5.81. The van der Waals surface area contributed by atoms with Gasteiger partial charge in [-0.1, -0.05) is 30.3 Å². The minimum Gasteiger partial charge on any atom is -0.370 e. The maximum atomic E-state index is 14.5. The average molecular weight is 323 g/mol. The van der Waals surface area contributed by atoms with E-state index < -0.39 is 5.91 Å². The molecule has 0 aliphatic heterocycles. The Hall–Kier alpha value is -2.95. The Labute approximate surface area is 139 Å². The molecule has 0 radical (unpaired) electrons. The van der Waals surface area contributed by atoms with Crippen LogP contribution in [0.3, 0.4) is 0 Å². The van der Waals surface area contributed by atoms with E-state index in [2.05, 4.69) is 4.99 Å². The summed E-state index contributed by atoms with van der Waals surface area (Å²) in [6, 6.07) is 10.6. The molecule has 0 heterocycles. The molecule has 1 aliphatic rings. The van der Waals surface area contributed by atoms with E-state index in [1.165, 1.54) is 0 Å². The Bertz CT molecular complexity index is 880. The molecule has 2 aromatic carbocycles. The van der Waals surface area contributed by atoms with Crippen LogP contribution in [0.1, 0.15) is 39.0 Å². The summed E-state index contributed by atoms with van der Waals surface area (Å²) in [5.74, 6) is -1.02. The van der Waals surface area contributed by atoms with Crippen LogP contribution in [0, 0.1) is 12.7 Å². The van der Waals surface area contributed by atoms with E-state index in [1.807, 2.05) is 18.2 Å². The summed E-state index contributed by atoms with van der Waals surface area (Å²) in [6.45, 7) is 1.74. The lowest BCUT2D eigenvalue weighted by Crippen LogP contribution is -2.24. The van der Waals surface area contributed by atoms with Crippen molar-refractivity contribution in [2.75, 3.05) is 0 Å². The van der Waals surface area contributed by atoms with Crippen LogP contribution in [0.4, 0.5) is 4.39 Å². The average Bonchev–Trinajstić information content (AvgIpc) is 2.56. The van der Waals surface area contributed by atoms with Gasteiger partial charge in [-0.3, -0.25) is 4.79 Å². The van der Waals surface area contributed by atoms with Crippen LogP contribution in [-0.2, 0) is 6.42 Å². The van der Waals surface area contributed by atoms with E-state index in [-0.39, 0.29) is 11.8 Å². The maximum absolute atomic E-state index is 14.5. The number of hydrogen-bond acceptors (Lipinski definition) is 1. The van der Waals surface area contributed by atoms with Gasteiger partial charge in [-0.2, -0.15) is 4.99 Å². The smallest absolute Gasteiger partial charge is 0.280 e. The number of fused-ring (bicyclic) bond motifs is 1. The molecule has 3 rings (SSSR count). The lowest BCUT2D eigenvalue weighted by atomic mass is 9.85. The molecule has 24 heavy (non-hydrogen) atoms. The van der Waals surface area contributed by atoms with Crippen molar-refractivity contribution in [2.24, 2.45) is 16.5 Å². The van der Waals surface area contributed by atoms with E-state index in [4.69, 9.17) is 11.5 Å². The highest BCUT2D eigenvalue weighted by Crippen LogP contribution is 2.34. The van der Waals surface area contributed by atoms with Crippen LogP contribution in [0.15, 0.2) is 47.5 Å². The Morgan fingerprint density at radius 1 is 1.17 bits per heavy atom. The van der Waals surface area contributed by atoms with Gasteiger partial charge in [0, 0.05) is 11.1 Å². The zero-order chi connectivity index (χ0) is 17.3. The Morgan fingerprint density at radius 2 is 1.96 bits per heavy atom. The number of amides is 1. The van der Waals surface area contributed by atoms with Crippen LogP contribution in [0.25, 0.3) is 5.57 Å². The highest BCUT2D eigenvalue weighted by Gasteiger charge is 2.19. The predicted molar refractivity (Wildman–Crippen MR) is 93.1 cm³/mol. The summed E-state index contributed by atoms with van der Waals surface area (Å²) in [5.41, 5.74) is 14.8. The molecule has 1 aliphatic carbocycles. The molecular formula is C19H18FN3O. The molecule has 0 fully saturated rings. The highest BCUT2D eigenvalue weighted by molar-refractivity contribution is 6.02. The SMILES string of the molecule is Cc1cccc(C2=CCCc3ccc(C(=O)N=C(N)N)cc32)c1F. The number of nitrogens with two attached hydrogens (primary N) is 2. The first kappa shape index (κ1) is 15.9. The van der Waals surface area contributed by atoms with Gasteiger partial charge in [-0.25, -0.2) is 4.39 Å². The molecule has 0 aromatic heterocycles. The third-order valence-electron chi connectivity index (χ3n) is 4.12. The second-order valence-electron chi connectivity index (χ2n) is 5.81. The number of allylic oxidation sites excluding steroid dienone is 1. The topological polar surface area (TPSA) is 81.5 Å². The number of carbonyl (C=O) groups excluding carboxylic acids is 1. The molecule has 0 saturated heterocycles. The second kappa shape index (κ2) is 6.28. The standard InChI is InChI=1S/C19H18FN3O/c1-11-4-2-7-15(17(11)20)14-6-3-5-12-8-9-13(10-16(12)14)18(24)23-19(21)22/h2,4,6-10H,3,5H2,1H3,(H4,21,22,23,24). The molecule has 0 spiro atoms. The van der Waals surface area contributed by atoms with Crippen molar-refractivity contribution in [3.8, 4) is 0 Å². The highest BCUT2D eigenvalue weighted by atomic mass is 19.1. The Kier molecular flexibility index (Phi) is 4.16. The fourth-order valence-corrected chi connectivity index (χ4v) is 2.95. The molecule has 2 aromatic rings. The monoisotopic (exact) mass is 323 g/mol. The minimum atomic E-state index is -0.507. The molecular weight excluding hydrogens is 305 g/mol. The summed E-state index contributed by atoms with van der Waals surface area (Å²) >= 11 is 0. The lowest BCUT2D eigenvalue weighted by molar-refractivity contribution is 0.100. The molecule has 4 N–H and O–H groups in total. The zero-order valence-electron chi connectivity index (χ0n) is 13.3. The molecule has 5 heteroatoms. The number of carbonyl (C=O) groups is 1. The van der Waals surface area contributed by atoms with Gasteiger partial charge in [0.2, 0.25) is 0 Å². The van der Waals surface area contributed by atoms with E-state index in [0.29, 0.717) is 16.7 Å². The number of halogens is 1. The number of rotatable bonds is 2. The van der Waals surface area contributed by atoms with Gasteiger partial charge in [0.05, 0.1) is 0 Å². The van der Waals surface area contributed by atoms with Gasteiger partial charge < -0.3 is 11.5 Å². The fraction of sp³-hybridized carbons (Fsp3) is 0.158. The van der Waals surface area contributed by atoms with Crippen LogP contribution in [0.5, 0.6) is 0 Å². The number of hydrogen-bond donors (Lipinski definition) is 2. The van der Waals surface area contributed by atoms with Crippen molar-refractivity contribution in [1.82, 2.24) is 0 Å². The number of guanidine groups is 1. The third-order valence-corrected chi connectivity index (χ3v) is 4.12. The quantitative estimate of drug-likeness (QED) is 0.658. The third kappa shape index (κ3) is 2.93.